The summed E-state index contributed by atoms with van der Waals surface area (Å²) in [5.41, 5.74) is 4.18. The molecule has 0 bridgehead atoms. The van der Waals surface area contributed by atoms with Crippen LogP contribution in [0.2, 0.25) is 0 Å². The van der Waals surface area contributed by atoms with Gasteiger partial charge in [-0.3, -0.25) is 4.79 Å². The van der Waals surface area contributed by atoms with Crippen molar-refractivity contribution < 1.29 is 9.53 Å². The van der Waals surface area contributed by atoms with Gasteiger partial charge in [0.15, 0.2) is 5.82 Å². The zero-order chi connectivity index (χ0) is 18.3. The van der Waals surface area contributed by atoms with E-state index in [1.54, 1.807) is 16.8 Å². The second-order valence-electron chi connectivity index (χ2n) is 6.41. The van der Waals surface area contributed by atoms with E-state index in [1.165, 1.54) is 12.7 Å². The van der Waals surface area contributed by atoms with Crippen LogP contribution >= 0.6 is 0 Å². The van der Waals surface area contributed by atoms with Gasteiger partial charge < -0.3 is 10.1 Å². The molecule has 0 fully saturated rings. The van der Waals surface area contributed by atoms with E-state index < -0.39 is 0 Å². The third kappa shape index (κ3) is 2.71. The zero-order valence-electron chi connectivity index (χ0n) is 14.9. The maximum absolute atomic E-state index is 12.4. The molecule has 0 spiro atoms. The van der Waals surface area contributed by atoms with Crippen LogP contribution in [0, 0.1) is 13.8 Å². The van der Waals surface area contributed by atoms with Gasteiger partial charge in [-0.2, -0.15) is 9.78 Å². The minimum absolute atomic E-state index is 0.0284. The molecule has 1 N–H and O–H groups in total. The molecule has 0 saturated heterocycles. The SMILES string of the molecule is COc1ccc(-n2nc(C)c3c2NC(=O)C[C@@H]3c2ccc(C)cc2)nn1. The summed E-state index contributed by atoms with van der Waals surface area (Å²) in [6.45, 7) is 4.00. The topological polar surface area (TPSA) is 81.9 Å². The first-order valence-corrected chi connectivity index (χ1v) is 8.41. The summed E-state index contributed by atoms with van der Waals surface area (Å²) in [5, 5.41) is 15.7. The van der Waals surface area contributed by atoms with Gasteiger partial charge in [-0.05, 0) is 25.5 Å². The summed E-state index contributed by atoms with van der Waals surface area (Å²) in [6, 6.07) is 11.8. The van der Waals surface area contributed by atoms with Crippen molar-refractivity contribution >= 4 is 11.7 Å². The Hall–Kier alpha value is -3.22. The van der Waals surface area contributed by atoms with Gasteiger partial charge in [0.1, 0.15) is 5.82 Å². The molecule has 3 heterocycles. The fourth-order valence-corrected chi connectivity index (χ4v) is 3.33. The van der Waals surface area contributed by atoms with Crippen molar-refractivity contribution in [2.45, 2.75) is 26.2 Å². The van der Waals surface area contributed by atoms with E-state index in [1.807, 2.05) is 6.92 Å². The van der Waals surface area contributed by atoms with Gasteiger partial charge in [-0.15, -0.1) is 10.2 Å². The molecule has 3 aromatic rings. The predicted octanol–water partition coefficient (Wildman–Crippen LogP) is 2.76. The first-order chi connectivity index (χ1) is 12.6. The number of nitrogens with one attached hydrogen (secondary N) is 1. The van der Waals surface area contributed by atoms with Gasteiger partial charge in [-0.1, -0.05) is 29.8 Å². The van der Waals surface area contributed by atoms with Crippen molar-refractivity contribution in [2.75, 3.05) is 12.4 Å². The van der Waals surface area contributed by atoms with Gasteiger partial charge in [0.05, 0.1) is 12.8 Å². The number of ether oxygens (including phenoxy) is 1. The molecule has 0 saturated carbocycles. The van der Waals surface area contributed by atoms with E-state index in [2.05, 4.69) is 51.8 Å². The lowest BCUT2D eigenvalue weighted by Gasteiger charge is -2.24. The van der Waals surface area contributed by atoms with Crippen LogP contribution in [0.1, 0.15) is 34.7 Å². The molecule has 0 aliphatic carbocycles. The maximum atomic E-state index is 12.4. The third-order valence-electron chi connectivity index (χ3n) is 4.63. The molecule has 2 aromatic heterocycles. The van der Waals surface area contributed by atoms with E-state index in [0.717, 1.165) is 16.8 Å². The van der Waals surface area contributed by atoms with Crippen molar-refractivity contribution in [3.63, 3.8) is 0 Å². The summed E-state index contributed by atoms with van der Waals surface area (Å²) in [4.78, 5) is 12.4. The molecular formula is C19H19N5O2. The Morgan fingerprint density at radius 2 is 1.88 bits per heavy atom. The number of anilines is 1. The lowest BCUT2D eigenvalue weighted by atomic mass is 9.85. The number of carbonyl (C=O) groups is 1. The van der Waals surface area contributed by atoms with Crippen molar-refractivity contribution in [2.24, 2.45) is 0 Å². The lowest BCUT2D eigenvalue weighted by molar-refractivity contribution is -0.116. The fraction of sp³-hybridized carbons (Fsp3) is 0.263. The molecule has 1 aliphatic heterocycles. The number of methoxy groups -OCH3 is 1. The Labute approximate surface area is 151 Å². The molecule has 132 valence electrons. The number of hydrogen-bond acceptors (Lipinski definition) is 5. The zero-order valence-corrected chi connectivity index (χ0v) is 14.9. The van der Waals surface area contributed by atoms with Gasteiger partial charge in [0.25, 0.3) is 0 Å². The highest BCUT2D eigenvalue weighted by Crippen LogP contribution is 2.40. The number of hydrogen-bond donors (Lipinski definition) is 1. The maximum Gasteiger partial charge on any atom is 0.233 e. The average Bonchev–Trinajstić information content (AvgIpc) is 2.98. The van der Waals surface area contributed by atoms with Crippen LogP contribution in [0.3, 0.4) is 0 Å². The minimum atomic E-state index is -0.0364. The summed E-state index contributed by atoms with van der Waals surface area (Å²) in [6.07, 6.45) is 0.400. The molecule has 1 aliphatic rings. The molecule has 0 unspecified atom stereocenters. The van der Waals surface area contributed by atoms with E-state index >= 15 is 0 Å². The van der Waals surface area contributed by atoms with Crippen molar-refractivity contribution in [3.8, 4) is 11.7 Å². The van der Waals surface area contributed by atoms with Gasteiger partial charge >= 0.3 is 0 Å². The Balaban J connectivity index is 1.82. The number of rotatable bonds is 3. The first kappa shape index (κ1) is 16.3. The smallest absolute Gasteiger partial charge is 0.233 e. The van der Waals surface area contributed by atoms with E-state index in [0.29, 0.717) is 23.9 Å². The summed E-state index contributed by atoms with van der Waals surface area (Å²) in [7, 11) is 1.54. The predicted molar refractivity (Wildman–Crippen MR) is 96.7 cm³/mol. The largest absolute Gasteiger partial charge is 0.480 e. The highest BCUT2D eigenvalue weighted by Gasteiger charge is 2.32. The van der Waals surface area contributed by atoms with Crippen LogP contribution < -0.4 is 10.1 Å². The number of aromatic nitrogens is 4. The van der Waals surface area contributed by atoms with Gasteiger partial charge in [-0.25, -0.2) is 0 Å². The minimum Gasteiger partial charge on any atom is -0.480 e. The summed E-state index contributed by atoms with van der Waals surface area (Å²) in [5.74, 6) is 1.54. The van der Waals surface area contributed by atoms with Crippen LogP contribution in [0.4, 0.5) is 5.82 Å². The Morgan fingerprint density at radius 1 is 1.12 bits per heavy atom. The second kappa shape index (κ2) is 6.25. The number of amides is 1. The van der Waals surface area contributed by atoms with E-state index in [-0.39, 0.29) is 11.8 Å². The molecule has 1 amide bonds. The number of nitrogens with zero attached hydrogens (tertiary/aromatic N) is 4. The van der Waals surface area contributed by atoms with Crippen LogP contribution in [-0.4, -0.2) is 33.0 Å². The summed E-state index contributed by atoms with van der Waals surface area (Å²) < 4.78 is 6.69. The number of carbonyl (C=O) groups excluding carboxylic acids is 1. The van der Waals surface area contributed by atoms with Crippen LogP contribution in [0.5, 0.6) is 5.88 Å². The van der Waals surface area contributed by atoms with Crippen LogP contribution in [-0.2, 0) is 4.79 Å². The van der Waals surface area contributed by atoms with Crippen molar-refractivity contribution in [1.29, 1.82) is 0 Å². The van der Waals surface area contributed by atoms with Crippen LogP contribution in [0.15, 0.2) is 36.4 Å². The quantitative estimate of drug-likeness (QED) is 0.786. The standard InChI is InChI=1S/C19H19N5O2/c1-11-4-6-13(7-5-11)14-10-16(25)20-19-18(14)12(2)23-24(19)15-8-9-17(26-3)22-21-15/h4-9,14H,10H2,1-3H3,(H,20,25)/t14-/m1/s1. The summed E-state index contributed by atoms with van der Waals surface area (Å²) >= 11 is 0. The molecule has 1 atom stereocenters. The first-order valence-electron chi connectivity index (χ1n) is 8.41. The average molecular weight is 349 g/mol. The Morgan fingerprint density at radius 3 is 2.54 bits per heavy atom. The molecule has 7 heteroatoms. The lowest BCUT2D eigenvalue weighted by Crippen LogP contribution is -2.25. The molecule has 4 rings (SSSR count). The van der Waals surface area contributed by atoms with E-state index in [9.17, 15) is 4.79 Å². The molecular weight excluding hydrogens is 330 g/mol. The Bertz CT molecular complexity index is 961. The van der Waals surface area contributed by atoms with Crippen molar-refractivity contribution in [1.82, 2.24) is 20.0 Å². The highest BCUT2D eigenvalue weighted by molar-refractivity contribution is 5.95. The number of benzene rings is 1. The molecule has 1 aromatic carbocycles. The normalized spacial score (nSPS) is 16.1. The molecule has 26 heavy (non-hydrogen) atoms. The van der Waals surface area contributed by atoms with Gasteiger partial charge in [0, 0.05) is 24.0 Å². The fourth-order valence-electron chi connectivity index (χ4n) is 3.33. The van der Waals surface area contributed by atoms with Crippen LogP contribution in [0.25, 0.3) is 5.82 Å². The van der Waals surface area contributed by atoms with Gasteiger partial charge in [0.2, 0.25) is 11.8 Å². The Kier molecular flexibility index (Phi) is 3.91. The number of fused-ring (bicyclic) bond motifs is 1. The molecule has 0 radical (unpaired) electrons. The monoisotopic (exact) mass is 349 g/mol. The second-order valence-corrected chi connectivity index (χ2v) is 6.41. The van der Waals surface area contributed by atoms with E-state index in [4.69, 9.17) is 4.74 Å². The van der Waals surface area contributed by atoms with Crippen molar-refractivity contribution in [3.05, 3.63) is 58.8 Å². The molecule has 7 nitrogen and oxygen atoms in total. The number of aryl methyl sites for hydroxylation is 2. The highest BCUT2D eigenvalue weighted by atomic mass is 16.5. The third-order valence-corrected chi connectivity index (χ3v) is 4.63.